The third-order valence-corrected chi connectivity index (χ3v) is 5.50. The van der Waals surface area contributed by atoms with Gasteiger partial charge < -0.3 is 4.90 Å². The smallest absolute Gasteiger partial charge is 0.301 e. The van der Waals surface area contributed by atoms with Crippen LogP contribution in [0.2, 0.25) is 0 Å². The van der Waals surface area contributed by atoms with Crippen molar-refractivity contribution in [2.45, 2.75) is 52.9 Å². The van der Waals surface area contributed by atoms with Crippen molar-refractivity contribution in [2.24, 2.45) is 5.92 Å². The van der Waals surface area contributed by atoms with Crippen molar-refractivity contribution >= 4 is 5.91 Å². The zero-order valence-corrected chi connectivity index (χ0v) is 17.7. The largest absolute Gasteiger partial charge is 0.363 e. The maximum absolute atomic E-state index is 13.9. The summed E-state index contributed by atoms with van der Waals surface area (Å²) in [5, 5.41) is 9.13. The van der Waals surface area contributed by atoms with Crippen molar-refractivity contribution in [1.82, 2.24) is 29.8 Å². The van der Waals surface area contributed by atoms with Gasteiger partial charge in [-0.2, -0.15) is 9.36 Å². The molecule has 1 aromatic carbocycles. The van der Waals surface area contributed by atoms with Gasteiger partial charge in [0.15, 0.2) is 0 Å². The number of hydrogen-bond acceptors (Lipinski definition) is 6. The summed E-state index contributed by atoms with van der Waals surface area (Å²) in [5.41, 5.74) is 0.212. The fourth-order valence-electron chi connectivity index (χ4n) is 3.83. The average Bonchev–Trinajstić information content (AvgIpc) is 3.08. The molecule has 1 aliphatic rings. The number of hydrogen-bond donors (Lipinski definition) is 0. The highest BCUT2D eigenvalue weighted by atomic mass is 19.1. The van der Waals surface area contributed by atoms with Crippen LogP contribution in [0.4, 0.5) is 4.39 Å². The van der Waals surface area contributed by atoms with E-state index in [1.807, 2.05) is 6.92 Å². The fraction of sp³-hybridized carbons (Fsp3) is 0.600. The molecule has 0 bridgehead atoms. The predicted octanol–water partition coefficient (Wildman–Crippen LogP) is 1.29. The Hall–Kier alpha value is -2.59. The number of carbonyl (C=O) groups is 1. The molecule has 1 amide bonds. The summed E-state index contributed by atoms with van der Waals surface area (Å²) in [5.74, 6) is -0.384. The van der Waals surface area contributed by atoms with E-state index in [4.69, 9.17) is 4.84 Å². The normalized spacial score (nSPS) is 19.7. The number of hydroxylamine groups is 2. The van der Waals surface area contributed by atoms with Crippen LogP contribution in [0.3, 0.4) is 0 Å². The lowest BCUT2D eigenvalue weighted by Gasteiger charge is -2.41. The first-order valence-corrected chi connectivity index (χ1v) is 10.3. The third kappa shape index (κ3) is 5.11. The Bertz CT molecular complexity index is 914. The first-order valence-electron chi connectivity index (χ1n) is 10.3. The van der Waals surface area contributed by atoms with Crippen LogP contribution in [0.15, 0.2) is 29.1 Å². The number of likely N-dealkylation sites (tertiary alicyclic amines) is 1. The number of nitrogens with zero attached hydrogens (tertiary/aromatic N) is 6. The second kappa shape index (κ2) is 9.94. The summed E-state index contributed by atoms with van der Waals surface area (Å²) in [4.78, 5) is 32.2. The molecule has 1 saturated heterocycles. The zero-order valence-electron chi connectivity index (χ0n) is 17.7. The Labute approximate surface area is 174 Å². The molecule has 1 aromatic heterocycles. The number of halogens is 1. The summed E-state index contributed by atoms with van der Waals surface area (Å²) >= 11 is 0. The third-order valence-electron chi connectivity index (χ3n) is 5.50. The van der Waals surface area contributed by atoms with Gasteiger partial charge in [0.25, 0.3) is 0 Å². The van der Waals surface area contributed by atoms with Gasteiger partial charge in [-0.05, 0) is 35.8 Å². The van der Waals surface area contributed by atoms with Crippen LogP contribution in [0.5, 0.6) is 0 Å². The Kier molecular flexibility index (Phi) is 7.33. The molecular formula is C20H29FN6O3. The Morgan fingerprint density at radius 1 is 1.27 bits per heavy atom. The SMILES string of the molecule is CCn1nnn(CCN2CCC(N(OCc3ccccc3F)C(C)=O)C(C)C2)c1=O. The first-order chi connectivity index (χ1) is 14.4. The van der Waals surface area contributed by atoms with E-state index in [1.165, 1.54) is 27.4 Å². The molecule has 1 fully saturated rings. The molecule has 10 heteroatoms. The Morgan fingerprint density at radius 2 is 2.00 bits per heavy atom. The molecule has 0 spiro atoms. The number of aromatic nitrogens is 4. The number of aryl methyl sites for hydroxylation is 1. The number of piperidine rings is 1. The molecule has 2 aromatic rings. The fourth-order valence-corrected chi connectivity index (χ4v) is 3.83. The van der Waals surface area contributed by atoms with Crippen LogP contribution < -0.4 is 5.69 Å². The predicted molar refractivity (Wildman–Crippen MR) is 108 cm³/mol. The summed E-state index contributed by atoms with van der Waals surface area (Å²) in [6.45, 7) is 8.55. The van der Waals surface area contributed by atoms with E-state index in [1.54, 1.807) is 18.2 Å². The average molecular weight is 420 g/mol. The molecule has 1 aliphatic heterocycles. The molecule has 2 unspecified atom stereocenters. The van der Waals surface area contributed by atoms with Crippen LogP contribution in [-0.4, -0.2) is 61.3 Å². The molecule has 9 nitrogen and oxygen atoms in total. The number of rotatable bonds is 8. The van der Waals surface area contributed by atoms with Crippen molar-refractivity contribution in [3.63, 3.8) is 0 Å². The lowest BCUT2D eigenvalue weighted by atomic mass is 9.93. The van der Waals surface area contributed by atoms with Gasteiger partial charge in [-0.1, -0.05) is 25.1 Å². The van der Waals surface area contributed by atoms with Crippen molar-refractivity contribution in [3.05, 3.63) is 46.1 Å². The van der Waals surface area contributed by atoms with Gasteiger partial charge >= 0.3 is 5.69 Å². The van der Waals surface area contributed by atoms with Gasteiger partial charge in [0.1, 0.15) is 12.4 Å². The second-order valence-corrected chi connectivity index (χ2v) is 7.64. The van der Waals surface area contributed by atoms with Gasteiger partial charge in [-0.25, -0.2) is 14.2 Å². The second-order valence-electron chi connectivity index (χ2n) is 7.64. The van der Waals surface area contributed by atoms with Crippen molar-refractivity contribution in [1.29, 1.82) is 0 Å². The molecule has 30 heavy (non-hydrogen) atoms. The molecular weight excluding hydrogens is 391 g/mol. The van der Waals surface area contributed by atoms with Crippen LogP contribution >= 0.6 is 0 Å². The van der Waals surface area contributed by atoms with Crippen LogP contribution in [0, 0.1) is 11.7 Å². The number of tetrazole rings is 1. The molecule has 2 heterocycles. The van der Waals surface area contributed by atoms with Crippen LogP contribution in [0.25, 0.3) is 0 Å². The lowest BCUT2D eigenvalue weighted by molar-refractivity contribution is -0.215. The van der Waals surface area contributed by atoms with E-state index in [0.717, 1.165) is 19.5 Å². The van der Waals surface area contributed by atoms with E-state index >= 15 is 0 Å². The Balaban J connectivity index is 1.55. The zero-order chi connectivity index (χ0) is 21.7. The van der Waals surface area contributed by atoms with E-state index in [9.17, 15) is 14.0 Å². The summed E-state index contributed by atoms with van der Waals surface area (Å²) in [6, 6.07) is 6.30. The standard InChI is InChI=1S/C20H29FN6O3/c1-4-25-20(29)26(23-22-25)12-11-24-10-9-19(15(2)13-24)27(16(3)28)30-14-17-7-5-6-8-18(17)21/h5-8,15,19H,4,9-14H2,1-3H3. The Morgan fingerprint density at radius 3 is 2.63 bits per heavy atom. The number of carbonyl (C=O) groups excluding carboxylic acids is 1. The van der Waals surface area contributed by atoms with Crippen molar-refractivity contribution in [3.8, 4) is 0 Å². The topological polar surface area (TPSA) is 85.5 Å². The minimum absolute atomic E-state index is 0.00912. The maximum Gasteiger partial charge on any atom is 0.363 e. The maximum atomic E-state index is 13.9. The van der Waals surface area contributed by atoms with E-state index in [0.29, 0.717) is 25.2 Å². The van der Waals surface area contributed by atoms with Crippen molar-refractivity contribution in [2.75, 3.05) is 19.6 Å². The van der Waals surface area contributed by atoms with Gasteiger partial charge in [-0.3, -0.25) is 9.63 Å². The number of amides is 1. The van der Waals surface area contributed by atoms with E-state index < -0.39 is 0 Å². The van der Waals surface area contributed by atoms with Crippen molar-refractivity contribution < 1.29 is 14.0 Å². The van der Waals surface area contributed by atoms with Gasteiger partial charge in [-0.15, -0.1) is 0 Å². The highest BCUT2D eigenvalue weighted by molar-refractivity contribution is 5.72. The van der Waals surface area contributed by atoms with Crippen LogP contribution in [-0.2, 0) is 29.3 Å². The van der Waals surface area contributed by atoms with Gasteiger partial charge in [0.2, 0.25) is 5.91 Å². The van der Waals surface area contributed by atoms with Gasteiger partial charge in [0.05, 0.1) is 12.6 Å². The lowest BCUT2D eigenvalue weighted by Crippen LogP contribution is -2.52. The van der Waals surface area contributed by atoms with Gasteiger partial charge in [0, 0.05) is 38.7 Å². The van der Waals surface area contributed by atoms with E-state index in [2.05, 4.69) is 22.3 Å². The highest BCUT2D eigenvalue weighted by Crippen LogP contribution is 2.23. The summed E-state index contributed by atoms with van der Waals surface area (Å²) in [6.07, 6.45) is 0.731. The monoisotopic (exact) mass is 420 g/mol. The molecule has 2 atom stereocenters. The molecule has 0 aliphatic carbocycles. The summed E-state index contributed by atoms with van der Waals surface area (Å²) < 4.78 is 16.6. The minimum Gasteiger partial charge on any atom is -0.301 e. The number of benzene rings is 1. The molecule has 3 rings (SSSR count). The molecule has 0 saturated carbocycles. The van der Waals surface area contributed by atoms with Crippen LogP contribution in [0.1, 0.15) is 32.8 Å². The first kappa shape index (κ1) is 22.1. The molecule has 0 radical (unpaired) electrons. The summed E-state index contributed by atoms with van der Waals surface area (Å²) in [7, 11) is 0. The molecule has 0 N–H and O–H groups in total. The molecule has 164 valence electrons. The quantitative estimate of drug-likeness (QED) is 0.599. The van der Waals surface area contributed by atoms with E-state index in [-0.39, 0.29) is 36.0 Å². The minimum atomic E-state index is -0.348. The highest BCUT2D eigenvalue weighted by Gasteiger charge is 2.33.